The van der Waals surface area contributed by atoms with E-state index in [1.54, 1.807) is 24.2 Å². The predicted octanol–water partition coefficient (Wildman–Crippen LogP) is 1.90. The zero-order valence-corrected chi connectivity index (χ0v) is 13.0. The number of hydrogen-bond acceptors (Lipinski definition) is 3. The Kier molecular flexibility index (Phi) is 4.60. The lowest BCUT2D eigenvalue weighted by Crippen LogP contribution is -2.64. The number of amides is 2. The average Bonchev–Trinajstić information content (AvgIpc) is 2.51. The molecule has 2 amide bonds. The number of carbonyl (C=O) groups is 2. The van der Waals surface area contributed by atoms with Gasteiger partial charge in [0.2, 0.25) is 11.8 Å². The van der Waals surface area contributed by atoms with Gasteiger partial charge in [-0.3, -0.25) is 14.6 Å². The van der Waals surface area contributed by atoms with E-state index in [0.717, 1.165) is 12.0 Å². The van der Waals surface area contributed by atoms with Crippen LogP contribution in [0.2, 0.25) is 0 Å². The van der Waals surface area contributed by atoms with Gasteiger partial charge in [0.25, 0.3) is 0 Å². The van der Waals surface area contributed by atoms with Crippen LogP contribution in [-0.2, 0) is 9.59 Å². The molecule has 1 aromatic heterocycles. The Hall–Kier alpha value is -1.91. The molecule has 0 bridgehead atoms. The van der Waals surface area contributed by atoms with Crippen LogP contribution in [-0.4, -0.2) is 33.8 Å². The number of nitrogens with zero attached hydrogens (tertiary/aromatic N) is 2. The van der Waals surface area contributed by atoms with Crippen molar-refractivity contribution in [2.75, 3.05) is 0 Å². The molecule has 1 saturated heterocycles. The summed E-state index contributed by atoms with van der Waals surface area (Å²) < 4.78 is 0. The molecule has 1 N–H and O–H groups in total. The van der Waals surface area contributed by atoms with Crippen molar-refractivity contribution in [2.24, 2.45) is 5.92 Å². The first-order valence-electron chi connectivity index (χ1n) is 7.49. The van der Waals surface area contributed by atoms with Gasteiger partial charge in [-0.25, -0.2) is 0 Å². The van der Waals surface area contributed by atoms with Gasteiger partial charge in [-0.05, 0) is 31.4 Å². The van der Waals surface area contributed by atoms with Crippen molar-refractivity contribution in [3.63, 3.8) is 0 Å². The van der Waals surface area contributed by atoms with Gasteiger partial charge in [0.15, 0.2) is 0 Å². The molecule has 2 heterocycles. The van der Waals surface area contributed by atoms with E-state index in [0.29, 0.717) is 0 Å². The summed E-state index contributed by atoms with van der Waals surface area (Å²) in [6.45, 7) is 7.73. The summed E-state index contributed by atoms with van der Waals surface area (Å²) in [7, 11) is 0. The molecule has 0 spiro atoms. The van der Waals surface area contributed by atoms with Gasteiger partial charge in [-0.15, -0.1) is 0 Å². The molecule has 1 fully saturated rings. The fraction of sp³-hybridized carbons (Fsp3) is 0.562. The lowest BCUT2D eigenvalue weighted by atomic mass is 9.93. The minimum absolute atomic E-state index is 0.00666. The molecule has 1 aliphatic rings. The van der Waals surface area contributed by atoms with Gasteiger partial charge in [-0.2, -0.15) is 0 Å². The highest BCUT2D eigenvalue weighted by Crippen LogP contribution is 2.27. The van der Waals surface area contributed by atoms with Crippen molar-refractivity contribution in [2.45, 2.75) is 52.2 Å². The average molecular weight is 289 g/mol. The highest BCUT2D eigenvalue weighted by Gasteiger charge is 2.42. The first-order valence-corrected chi connectivity index (χ1v) is 7.49. The maximum Gasteiger partial charge on any atom is 0.246 e. The summed E-state index contributed by atoms with van der Waals surface area (Å²) in [5, 5.41) is 2.86. The van der Waals surface area contributed by atoms with E-state index in [1.807, 2.05) is 32.9 Å². The van der Waals surface area contributed by atoms with E-state index in [-0.39, 0.29) is 23.8 Å². The van der Waals surface area contributed by atoms with Crippen LogP contribution in [0, 0.1) is 5.92 Å². The molecular weight excluding hydrogens is 266 g/mol. The minimum atomic E-state index is -0.465. The monoisotopic (exact) mass is 289 g/mol. The quantitative estimate of drug-likeness (QED) is 0.921. The molecule has 5 nitrogen and oxygen atoms in total. The Bertz CT molecular complexity index is 518. The van der Waals surface area contributed by atoms with E-state index in [1.165, 1.54) is 0 Å². The maximum atomic E-state index is 12.8. The van der Waals surface area contributed by atoms with Crippen LogP contribution in [0.25, 0.3) is 0 Å². The third-order valence-corrected chi connectivity index (χ3v) is 4.41. The first kappa shape index (κ1) is 15.5. The Balaban J connectivity index is 2.30. The van der Waals surface area contributed by atoms with Crippen LogP contribution in [0.4, 0.5) is 0 Å². The van der Waals surface area contributed by atoms with Crippen LogP contribution in [0.5, 0.6) is 0 Å². The molecule has 0 saturated carbocycles. The van der Waals surface area contributed by atoms with Gasteiger partial charge >= 0.3 is 0 Å². The third-order valence-electron chi connectivity index (χ3n) is 4.41. The highest BCUT2D eigenvalue weighted by atomic mass is 16.2. The highest BCUT2D eigenvalue weighted by molar-refractivity contribution is 5.97. The number of hydrogen-bond donors (Lipinski definition) is 1. The number of piperazine rings is 1. The molecule has 1 aromatic rings. The van der Waals surface area contributed by atoms with Crippen LogP contribution in [0.1, 0.15) is 45.7 Å². The maximum absolute atomic E-state index is 12.8. The van der Waals surface area contributed by atoms with E-state index < -0.39 is 12.1 Å². The molecule has 4 atom stereocenters. The molecule has 2 rings (SSSR count). The fourth-order valence-electron chi connectivity index (χ4n) is 2.74. The standard InChI is InChI=1S/C16H23N3O2/c1-5-10(2)14-16(21)19(12(4)15(20)18-14)11(3)13-7-6-8-17-9-13/h6-12,14H,5H2,1-4H3,(H,18,20). The lowest BCUT2D eigenvalue weighted by molar-refractivity contribution is -0.152. The van der Waals surface area contributed by atoms with Crippen LogP contribution >= 0.6 is 0 Å². The number of nitrogens with one attached hydrogen (secondary N) is 1. The van der Waals surface area contributed by atoms with Crippen molar-refractivity contribution in [1.82, 2.24) is 15.2 Å². The van der Waals surface area contributed by atoms with E-state index in [4.69, 9.17) is 0 Å². The Labute approximate surface area is 125 Å². The lowest BCUT2D eigenvalue weighted by Gasteiger charge is -2.42. The smallest absolute Gasteiger partial charge is 0.246 e. The SMILES string of the molecule is CCC(C)C1NC(=O)C(C)N(C(C)c2cccnc2)C1=O. The second-order valence-corrected chi connectivity index (χ2v) is 5.76. The van der Waals surface area contributed by atoms with E-state index >= 15 is 0 Å². The van der Waals surface area contributed by atoms with E-state index in [9.17, 15) is 9.59 Å². The number of carbonyl (C=O) groups excluding carboxylic acids is 2. The van der Waals surface area contributed by atoms with Crippen molar-refractivity contribution < 1.29 is 9.59 Å². The second-order valence-electron chi connectivity index (χ2n) is 5.76. The Morgan fingerprint density at radius 3 is 2.67 bits per heavy atom. The van der Waals surface area contributed by atoms with Crippen LogP contribution in [0.15, 0.2) is 24.5 Å². The molecule has 0 aliphatic carbocycles. The molecule has 1 aliphatic heterocycles. The largest absolute Gasteiger partial charge is 0.342 e. The van der Waals surface area contributed by atoms with Gasteiger partial charge in [0.05, 0.1) is 6.04 Å². The molecule has 5 heteroatoms. The third kappa shape index (κ3) is 2.91. The summed E-state index contributed by atoms with van der Waals surface area (Å²) in [5.74, 6) is 0.0287. The summed E-state index contributed by atoms with van der Waals surface area (Å²) in [5.41, 5.74) is 0.940. The summed E-state index contributed by atoms with van der Waals surface area (Å²) in [6.07, 6.45) is 4.29. The van der Waals surface area contributed by atoms with Gasteiger partial charge < -0.3 is 10.2 Å². The van der Waals surface area contributed by atoms with Crippen molar-refractivity contribution in [3.8, 4) is 0 Å². The Morgan fingerprint density at radius 1 is 1.38 bits per heavy atom. The molecule has 114 valence electrons. The molecular formula is C16H23N3O2. The minimum Gasteiger partial charge on any atom is -0.342 e. The molecule has 0 aromatic carbocycles. The molecule has 0 radical (unpaired) electrons. The zero-order valence-electron chi connectivity index (χ0n) is 13.0. The fourth-order valence-corrected chi connectivity index (χ4v) is 2.74. The predicted molar refractivity (Wildman–Crippen MR) is 80.3 cm³/mol. The zero-order chi connectivity index (χ0) is 15.6. The van der Waals surface area contributed by atoms with E-state index in [2.05, 4.69) is 10.3 Å². The topological polar surface area (TPSA) is 62.3 Å². The number of pyridine rings is 1. The van der Waals surface area contributed by atoms with Gasteiger partial charge in [0.1, 0.15) is 12.1 Å². The van der Waals surface area contributed by atoms with Gasteiger partial charge in [-0.1, -0.05) is 26.3 Å². The molecule has 21 heavy (non-hydrogen) atoms. The van der Waals surface area contributed by atoms with Crippen molar-refractivity contribution >= 4 is 11.8 Å². The van der Waals surface area contributed by atoms with Gasteiger partial charge in [0, 0.05) is 12.4 Å². The summed E-state index contributed by atoms with van der Waals surface area (Å²) in [6, 6.07) is 2.71. The van der Waals surface area contributed by atoms with Crippen LogP contribution < -0.4 is 5.32 Å². The summed E-state index contributed by atoms with van der Waals surface area (Å²) >= 11 is 0. The number of rotatable bonds is 4. The normalized spacial score (nSPS) is 25.4. The molecule has 4 unspecified atom stereocenters. The number of aromatic nitrogens is 1. The first-order chi connectivity index (χ1) is 9.97. The van der Waals surface area contributed by atoms with Crippen LogP contribution in [0.3, 0.4) is 0 Å². The summed E-state index contributed by atoms with van der Waals surface area (Å²) in [4.78, 5) is 30.8. The van der Waals surface area contributed by atoms with Crippen molar-refractivity contribution in [3.05, 3.63) is 30.1 Å². The second kappa shape index (κ2) is 6.24. The van der Waals surface area contributed by atoms with Crippen molar-refractivity contribution in [1.29, 1.82) is 0 Å². The Morgan fingerprint density at radius 2 is 2.10 bits per heavy atom.